The van der Waals surface area contributed by atoms with E-state index in [4.69, 9.17) is 5.73 Å². The van der Waals surface area contributed by atoms with Gasteiger partial charge in [-0.15, -0.1) is 0 Å². The smallest absolute Gasteiger partial charge is 0.241 e. The Morgan fingerprint density at radius 3 is 2.32 bits per heavy atom. The van der Waals surface area contributed by atoms with Crippen molar-refractivity contribution in [2.75, 3.05) is 5.73 Å². The highest BCUT2D eigenvalue weighted by Gasteiger charge is 2.31. The highest BCUT2D eigenvalue weighted by atomic mass is 32.2. The first-order valence-electron chi connectivity index (χ1n) is 6.61. The van der Waals surface area contributed by atoms with Crippen molar-refractivity contribution in [3.05, 3.63) is 22.8 Å². The average Bonchev–Trinajstić information content (AvgIpc) is 2.24. The molecule has 0 bridgehead atoms. The van der Waals surface area contributed by atoms with E-state index in [1.54, 1.807) is 6.92 Å². The van der Waals surface area contributed by atoms with Crippen LogP contribution in [0.2, 0.25) is 0 Å². The highest BCUT2D eigenvalue weighted by molar-refractivity contribution is 7.89. The third-order valence-corrected chi connectivity index (χ3v) is 5.84. The molecule has 0 heterocycles. The fourth-order valence-corrected chi connectivity index (χ4v) is 4.56. The van der Waals surface area contributed by atoms with Crippen molar-refractivity contribution in [2.24, 2.45) is 5.92 Å². The molecule has 1 aliphatic carbocycles. The van der Waals surface area contributed by atoms with Gasteiger partial charge in [-0.1, -0.05) is 6.92 Å². The molecule has 1 aromatic carbocycles. The molecule has 1 saturated carbocycles. The van der Waals surface area contributed by atoms with Gasteiger partial charge in [0.05, 0.1) is 4.90 Å². The van der Waals surface area contributed by atoms with Crippen molar-refractivity contribution in [1.29, 1.82) is 0 Å². The minimum absolute atomic E-state index is 0.0699. The van der Waals surface area contributed by atoms with Crippen molar-refractivity contribution in [1.82, 2.24) is 4.72 Å². The van der Waals surface area contributed by atoms with Gasteiger partial charge < -0.3 is 5.73 Å². The molecule has 1 aromatic rings. The molecule has 19 heavy (non-hydrogen) atoms. The number of rotatable bonds is 3. The zero-order valence-corrected chi connectivity index (χ0v) is 12.8. The number of hydrogen-bond donors (Lipinski definition) is 2. The zero-order valence-electron chi connectivity index (χ0n) is 11.9. The van der Waals surface area contributed by atoms with Crippen LogP contribution >= 0.6 is 0 Å². The van der Waals surface area contributed by atoms with Gasteiger partial charge >= 0.3 is 0 Å². The van der Waals surface area contributed by atoms with E-state index in [2.05, 4.69) is 11.6 Å². The van der Waals surface area contributed by atoms with Gasteiger partial charge in [-0.25, -0.2) is 13.1 Å². The topological polar surface area (TPSA) is 72.2 Å². The van der Waals surface area contributed by atoms with E-state index < -0.39 is 10.0 Å². The van der Waals surface area contributed by atoms with Crippen LogP contribution in [0.15, 0.2) is 11.0 Å². The molecule has 0 unspecified atom stereocenters. The molecule has 0 atom stereocenters. The number of hydrogen-bond acceptors (Lipinski definition) is 3. The molecule has 5 heteroatoms. The second kappa shape index (κ2) is 4.80. The van der Waals surface area contributed by atoms with Crippen molar-refractivity contribution < 1.29 is 8.42 Å². The Morgan fingerprint density at radius 1 is 1.21 bits per heavy atom. The van der Waals surface area contributed by atoms with Gasteiger partial charge in [-0.2, -0.15) is 0 Å². The molecule has 1 aliphatic rings. The van der Waals surface area contributed by atoms with Crippen LogP contribution in [0.5, 0.6) is 0 Å². The van der Waals surface area contributed by atoms with Crippen molar-refractivity contribution in [3.63, 3.8) is 0 Å². The molecule has 0 radical (unpaired) electrons. The lowest BCUT2D eigenvalue weighted by molar-refractivity contribution is 0.270. The van der Waals surface area contributed by atoms with Crippen LogP contribution in [0, 0.1) is 26.7 Å². The highest BCUT2D eigenvalue weighted by Crippen LogP contribution is 2.31. The summed E-state index contributed by atoms with van der Waals surface area (Å²) in [5.74, 6) is 0.609. The number of sulfonamides is 1. The minimum atomic E-state index is -3.48. The Morgan fingerprint density at radius 2 is 1.79 bits per heavy atom. The number of nitrogen functional groups attached to an aromatic ring is 1. The van der Waals surface area contributed by atoms with E-state index in [0.29, 0.717) is 22.1 Å². The lowest BCUT2D eigenvalue weighted by Gasteiger charge is -2.33. The van der Waals surface area contributed by atoms with Crippen LogP contribution < -0.4 is 10.5 Å². The Labute approximate surface area is 115 Å². The third-order valence-electron chi connectivity index (χ3n) is 4.04. The van der Waals surface area contributed by atoms with E-state index in [1.807, 2.05) is 19.9 Å². The molecule has 106 valence electrons. The average molecular weight is 282 g/mol. The predicted octanol–water partition coefficient (Wildman–Crippen LogP) is 2.27. The molecule has 0 aromatic heterocycles. The number of nitrogens with one attached hydrogen (secondary N) is 1. The number of benzene rings is 1. The van der Waals surface area contributed by atoms with Crippen LogP contribution in [0.4, 0.5) is 5.69 Å². The zero-order chi connectivity index (χ0) is 14.4. The Balaban J connectivity index is 2.40. The van der Waals surface area contributed by atoms with Gasteiger partial charge in [-0.05, 0) is 62.3 Å². The standard InChI is InChI=1S/C14H22N2O2S/c1-8-5-12(6-8)16-19(17,18)14-10(3)9(2)7-13(15)11(14)4/h7-8,12,16H,5-6,15H2,1-4H3. The lowest BCUT2D eigenvalue weighted by Crippen LogP contribution is -2.43. The summed E-state index contributed by atoms with van der Waals surface area (Å²) in [4.78, 5) is 0.351. The van der Waals surface area contributed by atoms with Gasteiger partial charge in [0, 0.05) is 11.7 Å². The van der Waals surface area contributed by atoms with Gasteiger partial charge in [0.25, 0.3) is 0 Å². The molecule has 0 amide bonds. The summed E-state index contributed by atoms with van der Waals surface area (Å²) in [6.45, 7) is 7.61. The van der Waals surface area contributed by atoms with E-state index >= 15 is 0 Å². The SMILES string of the molecule is Cc1cc(N)c(C)c(S(=O)(=O)NC2CC(C)C2)c1C. The first-order chi connectivity index (χ1) is 8.72. The van der Waals surface area contributed by atoms with Crippen LogP contribution in [0.25, 0.3) is 0 Å². The Kier molecular flexibility index (Phi) is 3.62. The first kappa shape index (κ1) is 14.3. The van der Waals surface area contributed by atoms with Crippen LogP contribution in [-0.2, 0) is 10.0 Å². The summed E-state index contributed by atoms with van der Waals surface area (Å²) in [6.07, 6.45) is 1.83. The van der Waals surface area contributed by atoms with Crippen molar-refractivity contribution >= 4 is 15.7 Å². The second-order valence-electron chi connectivity index (χ2n) is 5.76. The second-order valence-corrected chi connectivity index (χ2v) is 7.41. The van der Waals surface area contributed by atoms with E-state index in [-0.39, 0.29) is 6.04 Å². The minimum Gasteiger partial charge on any atom is -0.398 e. The van der Waals surface area contributed by atoms with Crippen LogP contribution in [0.3, 0.4) is 0 Å². The van der Waals surface area contributed by atoms with Gasteiger partial charge in [0.15, 0.2) is 0 Å². The predicted molar refractivity (Wildman–Crippen MR) is 77.6 cm³/mol. The molecule has 0 saturated heterocycles. The van der Waals surface area contributed by atoms with E-state index in [9.17, 15) is 8.42 Å². The van der Waals surface area contributed by atoms with Gasteiger partial charge in [-0.3, -0.25) is 0 Å². The summed E-state index contributed by atoms with van der Waals surface area (Å²) < 4.78 is 27.8. The van der Waals surface area contributed by atoms with E-state index in [1.165, 1.54) is 0 Å². The molecule has 0 spiro atoms. The van der Waals surface area contributed by atoms with Gasteiger partial charge in [0.1, 0.15) is 0 Å². The third kappa shape index (κ3) is 2.62. The van der Waals surface area contributed by atoms with Gasteiger partial charge in [0.2, 0.25) is 10.0 Å². The molecule has 2 rings (SSSR count). The van der Waals surface area contributed by atoms with E-state index in [0.717, 1.165) is 24.0 Å². The summed E-state index contributed by atoms with van der Waals surface area (Å²) in [7, 11) is -3.48. The number of anilines is 1. The molecule has 4 nitrogen and oxygen atoms in total. The molecule has 1 fully saturated rings. The maximum absolute atomic E-state index is 12.5. The number of aryl methyl sites for hydroxylation is 1. The Hall–Kier alpha value is -1.07. The molecule has 3 N–H and O–H groups in total. The molecule has 0 aliphatic heterocycles. The summed E-state index contributed by atoms with van der Waals surface area (Å²) >= 11 is 0. The fourth-order valence-electron chi connectivity index (χ4n) is 2.72. The maximum Gasteiger partial charge on any atom is 0.241 e. The largest absolute Gasteiger partial charge is 0.398 e. The Bertz CT molecular complexity index is 576. The lowest BCUT2D eigenvalue weighted by atomic mass is 9.83. The summed E-state index contributed by atoms with van der Waals surface area (Å²) in [5.41, 5.74) is 8.76. The number of nitrogens with two attached hydrogens (primary N) is 1. The summed E-state index contributed by atoms with van der Waals surface area (Å²) in [6, 6.07) is 1.90. The normalized spacial score (nSPS) is 23.2. The summed E-state index contributed by atoms with van der Waals surface area (Å²) in [5, 5.41) is 0. The van der Waals surface area contributed by atoms with Crippen molar-refractivity contribution in [3.8, 4) is 0 Å². The molecular weight excluding hydrogens is 260 g/mol. The van der Waals surface area contributed by atoms with Crippen LogP contribution in [-0.4, -0.2) is 14.5 Å². The molecular formula is C14H22N2O2S. The quantitative estimate of drug-likeness (QED) is 0.835. The van der Waals surface area contributed by atoms with Crippen molar-refractivity contribution in [2.45, 2.75) is 51.5 Å². The fraction of sp³-hybridized carbons (Fsp3) is 0.571. The van der Waals surface area contributed by atoms with Crippen LogP contribution in [0.1, 0.15) is 36.5 Å². The maximum atomic E-state index is 12.5. The first-order valence-corrected chi connectivity index (χ1v) is 8.09. The monoisotopic (exact) mass is 282 g/mol.